The highest BCUT2D eigenvalue weighted by Gasteiger charge is 2.32. The molecule has 2 aromatic rings. The predicted octanol–water partition coefficient (Wildman–Crippen LogP) is 4.24. The molecule has 19 heavy (non-hydrogen) atoms. The van der Waals surface area contributed by atoms with E-state index in [-0.39, 0.29) is 11.6 Å². The molecule has 7 heteroatoms. The van der Waals surface area contributed by atoms with Crippen molar-refractivity contribution >= 4 is 21.7 Å². The van der Waals surface area contributed by atoms with Crippen LogP contribution in [0.15, 0.2) is 41.0 Å². The van der Waals surface area contributed by atoms with Gasteiger partial charge in [0, 0.05) is 10.7 Å². The Bertz CT molecular complexity index is 602. The highest BCUT2D eigenvalue weighted by Crippen LogP contribution is 2.34. The van der Waals surface area contributed by atoms with Crippen molar-refractivity contribution in [2.45, 2.75) is 6.18 Å². The van der Waals surface area contributed by atoms with Gasteiger partial charge < -0.3 is 10.5 Å². The number of ether oxygens (including phenoxy) is 1. The Morgan fingerprint density at radius 2 is 1.95 bits per heavy atom. The fourth-order valence-electron chi connectivity index (χ4n) is 1.35. The molecule has 0 spiro atoms. The van der Waals surface area contributed by atoms with Gasteiger partial charge in [-0.3, -0.25) is 0 Å². The number of anilines is 1. The standard InChI is InChI=1S/C12H8BrF3N2O/c13-8-2-1-3-9(5-8)19-10-4-7(12(14,15)16)6-18-11(10)17/h1-6H,(H2,17,18). The molecular formula is C12H8BrF3N2O. The van der Waals surface area contributed by atoms with Crippen LogP contribution in [0.5, 0.6) is 11.5 Å². The monoisotopic (exact) mass is 332 g/mol. The molecule has 3 nitrogen and oxygen atoms in total. The molecule has 0 aliphatic rings. The highest BCUT2D eigenvalue weighted by molar-refractivity contribution is 9.10. The van der Waals surface area contributed by atoms with Crippen molar-refractivity contribution in [1.29, 1.82) is 0 Å². The first-order chi connectivity index (χ1) is 8.86. The van der Waals surface area contributed by atoms with E-state index < -0.39 is 11.7 Å². The lowest BCUT2D eigenvalue weighted by Gasteiger charge is -2.11. The first kappa shape index (κ1) is 13.7. The molecule has 0 unspecified atom stereocenters. The molecule has 0 bridgehead atoms. The predicted molar refractivity (Wildman–Crippen MR) is 67.9 cm³/mol. The second-order valence-electron chi connectivity index (χ2n) is 3.66. The van der Waals surface area contributed by atoms with Gasteiger partial charge >= 0.3 is 6.18 Å². The largest absolute Gasteiger partial charge is 0.453 e. The number of rotatable bonds is 2. The average molecular weight is 333 g/mol. The van der Waals surface area contributed by atoms with Crippen LogP contribution in [0, 0.1) is 0 Å². The van der Waals surface area contributed by atoms with Crippen LogP contribution in [0.2, 0.25) is 0 Å². The minimum atomic E-state index is -4.49. The number of benzene rings is 1. The minimum Gasteiger partial charge on any atom is -0.453 e. The van der Waals surface area contributed by atoms with Gasteiger partial charge in [0.1, 0.15) is 5.75 Å². The number of hydrogen-bond acceptors (Lipinski definition) is 3. The van der Waals surface area contributed by atoms with Gasteiger partial charge in [0.15, 0.2) is 11.6 Å². The van der Waals surface area contributed by atoms with Crippen LogP contribution in [-0.4, -0.2) is 4.98 Å². The van der Waals surface area contributed by atoms with Crippen molar-refractivity contribution in [3.05, 3.63) is 46.6 Å². The van der Waals surface area contributed by atoms with Crippen molar-refractivity contribution in [3.63, 3.8) is 0 Å². The average Bonchev–Trinajstić information content (AvgIpc) is 2.30. The molecule has 0 aliphatic heterocycles. The number of hydrogen-bond donors (Lipinski definition) is 1. The molecule has 2 rings (SSSR count). The SMILES string of the molecule is Nc1ncc(C(F)(F)F)cc1Oc1cccc(Br)c1. The Hall–Kier alpha value is -1.76. The Labute approximate surface area is 115 Å². The molecule has 0 amide bonds. The van der Waals surface area contributed by atoms with Gasteiger partial charge in [-0.15, -0.1) is 0 Å². The van der Waals surface area contributed by atoms with E-state index in [4.69, 9.17) is 10.5 Å². The first-order valence-electron chi connectivity index (χ1n) is 5.12. The number of nitrogens with two attached hydrogens (primary N) is 1. The summed E-state index contributed by atoms with van der Waals surface area (Å²) in [4.78, 5) is 3.49. The molecule has 100 valence electrons. The lowest BCUT2D eigenvalue weighted by molar-refractivity contribution is -0.137. The fraction of sp³-hybridized carbons (Fsp3) is 0.0833. The van der Waals surface area contributed by atoms with E-state index in [1.165, 1.54) is 0 Å². The lowest BCUT2D eigenvalue weighted by Crippen LogP contribution is -2.07. The summed E-state index contributed by atoms with van der Waals surface area (Å²) in [7, 11) is 0. The van der Waals surface area contributed by atoms with Crippen LogP contribution in [0.4, 0.5) is 19.0 Å². The van der Waals surface area contributed by atoms with Gasteiger partial charge in [0.05, 0.1) is 5.56 Å². The fourth-order valence-corrected chi connectivity index (χ4v) is 1.73. The summed E-state index contributed by atoms with van der Waals surface area (Å²) in [6.45, 7) is 0. The van der Waals surface area contributed by atoms with Crippen molar-refractivity contribution in [2.24, 2.45) is 0 Å². The molecule has 1 heterocycles. The highest BCUT2D eigenvalue weighted by atomic mass is 79.9. The van der Waals surface area contributed by atoms with E-state index in [1.807, 2.05) is 0 Å². The van der Waals surface area contributed by atoms with E-state index in [2.05, 4.69) is 20.9 Å². The van der Waals surface area contributed by atoms with Crippen LogP contribution in [-0.2, 0) is 6.18 Å². The zero-order valence-corrected chi connectivity index (χ0v) is 11.0. The zero-order valence-electron chi connectivity index (χ0n) is 9.41. The smallest absolute Gasteiger partial charge is 0.418 e. The van der Waals surface area contributed by atoms with Crippen LogP contribution >= 0.6 is 15.9 Å². The van der Waals surface area contributed by atoms with Gasteiger partial charge in [-0.25, -0.2) is 4.98 Å². The van der Waals surface area contributed by atoms with Crippen molar-refractivity contribution in [3.8, 4) is 11.5 Å². The topological polar surface area (TPSA) is 48.1 Å². The second-order valence-corrected chi connectivity index (χ2v) is 4.58. The first-order valence-corrected chi connectivity index (χ1v) is 5.92. The van der Waals surface area contributed by atoms with Crippen molar-refractivity contribution in [2.75, 3.05) is 5.73 Å². The molecule has 0 radical (unpaired) electrons. The molecule has 2 N–H and O–H groups in total. The number of aromatic nitrogens is 1. The van der Waals surface area contributed by atoms with Crippen molar-refractivity contribution < 1.29 is 17.9 Å². The maximum Gasteiger partial charge on any atom is 0.418 e. The molecular weight excluding hydrogens is 325 g/mol. The quantitative estimate of drug-likeness (QED) is 0.894. The Morgan fingerprint density at radius 1 is 1.21 bits per heavy atom. The van der Waals surface area contributed by atoms with E-state index in [0.29, 0.717) is 11.9 Å². The summed E-state index contributed by atoms with van der Waals surface area (Å²) in [5.74, 6) is 0.128. The van der Waals surface area contributed by atoms with Crippen LogP contribution < -0.4 is 10.5 Å². The third kappa shape index (κ3) is 3.37. The summed E-state index contributed by atoms with van der Waals surface area (Å²) in [6, 6.07) is 7.49. The van der Waals surface area contributed by atoms with Crippen LogP contribution in [0.25, 0.3) is 0 Å². The Morgan fingerprint density at radius 3 is 2.58 bits per heavy atom. The summed E-state index contributed by atoms with van der Waals surface area (Å²) < 4.78 is 43.7. The van der Waals surface area contributed by atoms with Crippen molar-refractivity contribution in [1.82, 2.24) is 4.98 Å². The molecule has 1 aromatic carbocycles. The van der Waals surface area contributed by atoms with Gasteiger partial charge in [-0.05, 0) is 24.3 Å². The Kier molecular flexibility index (Phi) is 3.66. The summed E-state index contributed by atoms with van der Waals surface area (Å²) in [5, 5.41) is 0. The van der Waals surface area contributed by atoms with Crippen LogP contribution in [0.3, 0.4) is 0 Å². The van der Waals surface area contributed by atoms with Gasteiger partial charge in [0.25, 0.3) is 0 Å². The van der Waals surface area contributed by atoms with Gasteiger partial charge in [-0.1, -0.05) is 22.0 Å². The summed E-state index contributed by atoms with van der Waals surface area (Å²) >= 11 is 3.23. The number of pyridine rings is 1. The maximum atomic E-state index is 12.6. The molecule has 0 fully saturated rings. The van der Waals surface area contributed by atoms with E-state index in [0.717, 1.165) is 10.5 Å². The Balaban J connectivity index is 2.34. The van der Waals surface area contributed by atoms with Gasteiger partial charge in [0.2, 0.25) is 0 Å². The maximum absolute atomic E-state index is 12.6. The van der Waals surface area contributed by atoms with Gasteiger partial charge in [-0.2, -0.15) is 13.2 Å². The normalized spacial score (nSPS) is 11.4. The second kappa shape index (κ2) is 5.08. The molecule has 1 aromatic heterocycles. The van der Waals surface area contributed by atoms with E-state index in [1.54, 1.807) is 24.3 Å². The number of nitrogens with zero attached hydrogens (tertiary/aromatic N) is 1. The number of nitrogen functional groups attached to an aromatic ring is 1. The third-order valence-corrected chi connectivity index (χ3v) is 2.73. The molecule has 0 aliphatic carbocycles. The molecule has 0 atom stereocenters. The number of alkyl halides is 3. The minimum absolute atomic E-state index is 0.104. The molecule has 0 saturated heterocycles. The van der Waals surface area contributed by atoms with E-state index >= 15 is 0 Å². The zero-order chi connectivity index (χ0) is 14.0. The number of halogens is 4. The summed E-state index contributed by atoms with van der Waals surface area (Å²) in [5.41, 5.74) is 4.59. The summed E-state index contributed by atoms with van der Waals surface area (Å²) in [6.07, 6.45) is -3.82. The van der Waals surface area contributed by atoms with E-state index in [9.17, 15) is 13.2 Å². The van der Waals surface area contributed by atoms with Crippen LogP contribution in [0.1, 0.15) is 5.56 Å². The lowest BCUT2D eigenvalue weighted by atomic mass is 10.2. The third-order valence-electron chi connectivity index (χ3n) is 2.23. The molecule has 0 saturated carbocycles.